The lowest BCUT2D eigenvalue weighted by Gasteiger charge is -2.21. The average molecular weight is 271 g/mol. The van der Waals surface area contributed by atoms with E-state index in [9.17, 15) is 9.50 Å². The van der Waals surface area contributed by atoms with Gasteiger partial charge < -0.3 is 10.4 Å². The zero-order valence-electron chi connectivity index (χ0n) is 11.4. The summed E-state index contributed by atoms with van der Waals surface area (Å²) in [6.45, 7) is 2.09. The normalized spacial score (nSPS) is 18.8. The third-order valence-corrected chi connectivity index (χ3v) is 4.03. The Balaban J connectivity index is 1.75. The molecule has 104 valence electrons. The number of aromatic hydroxyl groups is 1. The SMILES string of the molecule is CC(NC1CCc2cc(O)ccc21)c1ccc(F)cc1. The quantitative estimate of drug-likeness (QED) is 0.888. The second kappa shape index (κ2) is 5.25. The Kier molecular flexibility index (Phi) is 3.45. The predicted molar refractivity (Wildman–Crippen MR) is 77.1 cm³/mol. The molecule has 2 unspecified atom stereocenters. The Morgan fingerprint density at radius 3 is 2.70 bits per heavy atom. The molecular formula is C17H18FNO. The van der Waals surface area contributed by atoms with Crippen molar-refractivity contribution in [3.63, 3.8) is 0 Å². The van der Waals surface area contributed by atoms with Gasteiger partial charge >= 0.3 is 0 Å². The van der Waals surface area contributed by atoms with Crippen LogP contribution < -0.4 is 5.32 Å². The van der Waals surface area contributed by atoms with Gasteiger partial charge in [0, 0.05) is 12.1 Å². The summed E-state index contributed by atoms with van der Waals surface area (Å²) in [6.07, 6.45) is 2.02. The van der Waals surface area contributed by atoms with Crippen molar-refractivity contribution in [1.82, 2.24) is 5.32 Å². The van der Waals surface area contributed by atoms with Gasteiger partial charge in [-0.3, -0.25) is 0 Å². The van der Waals surface area contributed by atoms with Crippen LogP contribution in [0.3, 0.4) is 0 Å². The monoisotopic (exact) mass is 271 g/mol. The molecule has 0 aromatic heterocycles. The molecule has 2 aromatic carbocycles. The zero-order valence-corrected chi connectivity index (χ0v) is 11.4. The molecular weight excluding hydrogens is 253 g/mol. The first-order chi connectivity index (χ1) is 9.63. The molecule has 0 bridgehead atoms. The minimum atomic E-state index is -0.206. The summed E-state index contributed by atoms with van der Waals surface area (Å²) in [4.78, 5) is 0. The lowest BCUT2D eigenvalue weighted by atomic mass is 10.0. The highest BCUT2D eigenvalue weighted by atomic mass is 19.1. The highest BCUT2D eigenvalue weighted by Gasteiger charge is 2.24. The summed E-state index contributed by atoms with van der Waals surface area (Å²) in [5, 5.41) is 13.1. The van der Waals surface area contributed by atoms with Crippen LogP contribution in [0.1, 0.15) is 42.1 Å². The van der Waals surface area contributed by atoms with E-state index in [-0.39, 0.29) is 11.9 Å². The number of rotatable bonds is 3. The highest BCUT2D eigenvalue weighted by Crippen LogP contribution is 2.34. The van der Waals surface area contributed by atoms with Crippen molar-refractivity contribution >= 4 is 0 Å². The van der Waals surface area contributed by atoms with E-state index in [1.807, 2.05) is 24.3 Å². The van der Waals surface area contributed by atoms with Gasteiger partial charge in [0.05, 0.1) is 0 Å². The van der Waals surface area contributed by atoms with E-state index in [2.05, 4.69) is 12.2 Å². The Morgan fingerprint density at radius 1 is 1.20 bits per heavy atom. The lowest BCUT2D eigenvalue weighted by molar-refractivity contribution is 0.463. The fourth-order valence-electron chi connectivity index (χ4n) is 2.93. The fourth-order valence-corrected chi connectivity index (χ4v) is 2.93. The summed E-state index contributed by atoms with van der Waals surface area (Å²) in [5.41, 5.74) is 3.56. The van der Waals surface area contributed by atoms with Crippen LogP contribution in [0.5, 0.6) is 5.75 Å². The van der Waals surface area contributed by atoms with Crippen LogP contribution in [0.15, 0.2) is 42.5 Å². The molecule has 0 saturated carbocycles. The van der Waals surface area contributed by atoms with E-state index >= 15 is 0 Å². The molecule has 0 heterocycles. The highest BCUT2D eigenvalue weighted by molar-refractivity contribution is 5.40. The van der Waals surface area contributed by atoms with Gasteiger partial charge in [0.2, 0.25) is 0 Å². The Labute approximate surface area is 118 Å². The lowest BCUT2D eigenvalue weighted by Crippen LogP contribution is -2.22. The van der Waals surface area contributed by atoms with Crippen LogP contribution in [-0.2, 0) is 6.42 Å². The summed E-state index contributed by atoms with van der Waals surface area (Å²) in [6, 6.07) is 12.7. The van der Waals surface area contributed by atoms with Gasteiger partial charge in [0.25, 0.3) is 0 Å². The van der Waals surface area contributed by atoms with Gasteiger partial charge in [-0.1, -0.05) is 18.2 Å². The Hall–Kier alpha value is -1.87. The van der Waals surface area contributed by atoms with E-state index < -0.39 is 0 Å². The van der Waals surface area contributed by atoms with Crippen LogP contribution in [-0.4, -0.2) is 5.11 Å². The summed E-state index contributed by atoms with van der Waals surface area (Å²) >= 11 is 0. The van der Waals surface area contributed by atoms with E-state index in [0.29, 0.717) is 11.8 Å². The number of halogens is 1. The number of fused-ring (bicyclic) bond motifs is 1. The number of nitrogens with one attached hydrogen (secondary N) is 1. The molecule has 1 aliphatic carbocycles. The van der Waals surface area contributed by atoms with Gasteiger partial charge in [-0.05, 0) is 60.7 Å². The molecule has 2 atom stereocenters. The third kappa shape index (κ3) is 2.54. The molecule has 1 aliphatic rings. The number of phenols is 1. The predicted octanol–water partition coefficient (Wildman–Crippen LogP) is 3.87. The molecule has 0 amide bonds. The van der Waals surface area contributed by atoms with E-state index in [1.54, 1.807) is 6.07 Å². The van der Waals surface area contributed by atoms with Gasteiger partial charge in [0.15, 0.2) is 0 Å². The number of aryl methyl sites for hydroxylation is 1. The van der Waals surface area contributed by atoms with E-state index in [0.717, 1.165) is 18.4 Å². The number of benzene rings is 2. The topological polar surface area (TPSA) is 32.3 Å². The second-order valence-corrected chi connectivity index (χ2v) is 5.41. The first kappa shape index (κ1) is 13.1. The van der Waals surface area contributed by atoms with Crippen LogP contribution >= 0.6 is 0 Å². The van der Waals surface area contributed by atoms with Gasteiger partial charge in [-0.25, -0.2) is 4.39 Å². The van der Waals surface area contributed by atoms with E-state index in [4.69, 9.17) is 0 Å². The summed E-state index contributed by atoms with van der Waals surface area (Å²) in [7, 11) is 0. The fraction of sp³-hybridized carbons (Fsp3) is 0.294. The maximum absolute atomic E-state index is 12.9. The molecule has 0 fully saturated rings. The minimum Gasteiger partial charge on any atom is -0.508 e. The molecule has 20 heavy (non-hydrogen) atoms. The molecule has 2 nitrogen and oxygen atoms in total. The van der Waals surface area contributed by atoms with Crippen molar-refractivity contribution in [3.05, 3.63) is 65.0 Å². The summed E-state index contributed by atoms with van der Waals surface area (Å²) in [5.74, 6) is 0.124. The molecule has 3 heteroatoms. The maximum atomic E-state index is 12.9. The smallest absolute Gasteiger partial charge is 0.123 e. The van der Waals surface area contributed by atoms with Gasteiger partial charge in [0.1, 0.15) is 11.6 Å². The van der Waals surface area contributed by atoms with Crippen molar-refractivity contribution < 1.29 is 9.50 Å². The Morgan fingerprint density at radius 2 is 1.95 bits per heavy atom. The van der Waals surface area contributed by atoms with Crippen molar-refractivity contribution in [3.8, 4) is 5.75 Å². The van der Waals surface area contributed by atoms with Crippen molar-refractivity contribution in [2.24, 2.45) is 0 Å². The van der Waals surface area contributed by atoms with E-state index in [1.165, 1.54) is 23.3 Å². The van der Waals surface area contributed by atoms with Crippen molar-refractivity contribution in [2.45, 2.75) is 31.8 Å². The molecule has 0 saturated heterocycles. The van der Waals surface area contributed by atoms with Gasteiger partial charge in [-0.2, -0.15) is 0 Å². The molecule has 2 N–H and O–H groups in total. The maximum Gasteiger partial charge on any atom is 0.123 e. The van der Waals surface area contributed by atoms with Crippen LogP contribution in [0, 0.1) is 5.82 Å². The number of hydrogen-bond donors (Lipinski definition) is 2. The second-order valence-electron chi connectivity index (χ2n) is 5.41. The third-order valence-electron chi connectivity index (χ3n) is 4.03. The first-order valence-corrected chi connectivity index (χ1v) is 6.97. The average Bonchev–Trinajstić information content (AvgIpc) is 2.81. The van der Waals surface area contributed by atoms with Crippen molar-refractivity contribution in [2.75, 3.05) is 0 Å². The molecule has 3 rings (SSSR count). The minimum absolute atomic E-state index is 0.167. The number of phenolic OH excluding ortho intramolecular Hbond substituents is 1. The van der Waals surface area contributed by atoms with Crippen LogP contribution in [0.2, 0.25) is 0 Å². The van der Waals surface area contributed by atoms with Crippen molar-refractivity contribution in [1.29, 1.82) is 0 Å². The van der Waals surface area contributed by atoms with Crippen LogP contribution in [0.4, 0.5) is 4.39 Å². The molecule has 0 spiro atoms. The molecule has 2 aromatic rings. The Bertz CT molecular complexity index is 609. The summed E-state index contributed by atoms with van der Waals surface area (Å²) < 4.78 is 12.9. The standard InChI is InChI=1S/C17H18FNO/c1-11(12-2-5-14(18)6-3-12)19-17-9-4-13-10-15(20)7-8-16(13)17/h2-3,5-8,10-11,17,19-20H,4,9H2,1H3. The zero-order chi connectivity index (χ0) is 14.1. The molecule has 0 aliphatic heterocycles. The van der Waals surface area contributed by atoms with Crippen LogP contribution in [0.25, 0.3) is 0 Å². The number of hydrogen-bond acceptors (Lipinski definition) is 2. The first-order valence-electron chi connectivity index (χ1n) is 6.97. The van der Waals surface area contributed by atoms with Gasteiger partial charge in [-0.15, -0.1) is 0 Å². The largest absolute Gasteiger partial charge is 0.508 e. The molecule has 0 radical (unpaired) electrons.